The van der Waals surface area contributed by atoms with E-state index in [4.69, 9.17) is 10.7 Å². The van der Waals surface area contributed by atoms with Crippen LogP contribution >= 0.6 is 10.7 Å². The van der Waals surface area contributed by atoms with E-state index >= 15 is 0 Å². The summed E-state index contributed by atoms with van der Waals surface area (Å²) in [5.74, 6) is 1.67. The van der Waals surface area contributed by atoms with E-state index in [1.165, 1.54) is 0 Å². The molecule has 0 bridgehead atoms. The molecule has 0 unspecified atom stereocenters. The van der Waals surface area contributed by atoms with Gasteiger partial charge in [0, 0.05) is 22.6 Å². The lowest BCUT2D eigenvalue weighted by atomic mass is 9.85. The summed E-state index contributed by atoms with van der Waals surface area (Å²) >= 11 is 0. The molecule has 0 spiro atoms. The van der Waals surface area contributed by atoms with E-state index in [0.29, 0.717) is 11.8 Å². The first-order valence-corrected chi connectivity index (χ1v) is 8.93. The zero-order chi connectivity index (χ0) is 14.4. The van der Waals surface area contributed by atoms with Crippen molar-refractivity contribution in [1.82, 2.24) is 14.8 Å². The van der Waals surface area contributed by atoms with Gasteiger partial charge < -0.3 is 0 Å². The molecular formula is C12H20ClN3O2S. The molecule has 108 valence electrons. The third-order valence-corrected chi connectivity index (χ3v) is 4.68. The van der Waals surface area contributed by atoms with E-state index in [9.17, 15) is 8.42 Å². The zero-order valence-corrected chi connectivity index (χ0v) is 13.2. The molecule has 2 rings (SSSR count). The van der Waals surface area contributed by atoms with Crippen molar-refractivity contribution in [3.05, 3.63) is 5.82 Å². The average Bonchev–Trinajstić information content (AvgIpc) is 2.97. The molecule has 0 N–H and O–H groups in total. The minimum Gasteiger partial charge on any atom is -0.297 e. The van der Waals surface area contributed by atoms with E-state index < -0.39 is 9.05 Å². The maximum Gasteiger partial charge on any atom is 0.296 e. The molecule has 0 aromatic carbocycles. The van der Waals surface area contributed by atoms with E-state index in [1.54, 1.807) is 4.57 Å². The molecule has 19 heavy (non-hydrogen) atoms. The van der Waals surface area contributed by atoms with Gasteiger partial charge in [-0.05, 0) is 24.7 Å². The fourth-order valence-electron chi connectivity index (χ4n) is 2.72. The lowest BCUT2D eigenvalue weighted by Gasteiger charge is -2.24. The summed E-state index contributed by atoms with van der Waals surface area (Å²) in [6.07, 6.45) is 1.93. The molecule has 7 heteroatoms. The number of rotatable bonds is 5. The van der Waals surface area contributed by atoms with Gasteiger partial charge in [-0.25, -0.2) is 8.42 Å². The lowest BCUT2D eigenvalue weighted by molar-refractivity contribution is 0.355. The fourth-order valence-corrected chi connectivity index (χ4v) is 3.66. The molecule has 0 aliphatic heterocycles. The summed E-state index contributed by atoms with van der Waals surface area (Å²) < 4.78 is 25.0. The van der Waals surface area contributed by atoms with Crippen molar-refractivity contribution in [2.75, 3.05) is 0 Å². The third-order valence-electron chi connectivity index (χ3n) is 3.56. The van der Waals surface area contributed by atoms with Crippen LogP contribution in [0.25, 0.3) is 0 Å². The van der Waals surface area contributed by atoms with Gasteiger partial charge in [0.1, 0.15) is 5.82 Å². The summed E-state index contributed by atoms with van der Waals surface area (Å²) in [5, 5.41) is 7.86. The molecule has 5 nitrogen and oxygen atoms in total. The molecule has 1 aliphatic carbocycles. The Labute approximate surface area is 118 Å². The number of nitrogens with zero attached hydrogens (tertiary/aromatic N) is 3. The summed E-state index contributed by atoms with van der Waals surface area (Å²) in [6.45, 7) is 8.47. The Bertz CT molecular complexity index is 554. The zero-order valence-electron chi connectivity index (χ0n) is 11.7. The highest BCUT2D eigenvalue weighted by Crippen LogP contribution is 2.42. The van der Waals surface area contributed by atoms with Crippen LogP contribution in [0.15, 0.2) is 5.16 Å². The second-order valence-corrected chi connectivity index (χ2v) is 8.35. The fraction of sp³-hybridized carbons (Fsp3) is 0.833. The van der Waals surface area contributed by atoms with Crippen LogP contribution in [0.4, 0.5) is 0 Å². The first-order valence-electron chi connectivity index (χ1n) is 6.63. The third kappa shape index (κ3) is 2.94. The maximum absolute atomic E-state index is 11.6. The number of halogens is 1. The first kappa shape index (κ1) is 14.8. The van der Waals surface area contributed by atoms with Gasteiger partial charge in [-0.15, -0.1) is 10.2 Å². The molecule has 0 amide bonds. The van der Waals surface area contributed by atoms with Gasteiger partial charge in [0.25, 0.3) is 14.2 Å². The molecule has 1 aromatic rings. The van der Waals surface area contributed by atoms with Crippen molar-refractivity contribution in [1.29, 1.82) is 0 Å². The molecule has 1 heterocycles. The minimum absolute atomic E-state index is 0.0991. The Hall–Kier alpha value is -0.620. The summed E-state index contributed by atoms with van der Waals surface area (Å²) in [4.78, 5) is 0. The van der Waals surface area contributed by atoms with Crippen LogP contribution in [0.5, 0.6) is 0 Å². The Morgan fingerprint density at radius 2 is 1.68 bits per heavy atom. The van der Waals surface area contributed by atoms with Crippen LogP contribution in [0.1, 0.15) is 58.3 Å². The molecule has 0 radical (unpaired) electrons. The highest BCUT2D eigenvalue weighted by molar-refractivity contribution is 8.13. The van der Waals surface area contributed by atoms with Crippen LogP contribution in [0.2, 0.25) is 0 Å². The van der Waals surface area contributed by atoms with Crippen LogP contribution in [0, 0.1) is 11.8 Å². The number of hydrogen-bond donors (Lipinski definition) is 0. The topological polar surface area (TPSA) is 64.8 Å². The van der Waals surface area contributed by atoms with Crippen molar-refractivity contribution in [3.63, 3.8) is 0 Å². The number of aromatic nitrogens is 3. The lowest BCUT2D eigenvalue weighted by Crippen LogP contribution is -2.19. The van der Waals surface area contributed by atoms with E-state index in [2.05, 4.69) is 37.9 Å². The van der Waals surface area contributed by atoms with Gasteiger partial charge in [-0.3, -0.25) is 4.57 Å². The van der Waals surface area contributed by atoms with Gasteiger partial charge in [-0.1, -0.05) is 27.7 Å². The second-order valence-electron chi connectivity index (χ2n) is 5.89. The van der Waals surface area contributed by atoms with Crippen molar-refractivity contribution in [2.45, 2.75) is 57.7 Å². The van der Waals surface area contributed by atoms with Gasteiger partial charge >= 0.3 is 0 Å². The Kier molecular flexibility index (Phi) is 3.93. The quantitative estimate of drug-likeness (QED) is 0.785. The van der Waals surface area contributed by atoms with Gasteiger partial charge in [0.2, 0.25) is 0 Å². The minimum atomic E-state index is -3.84. The Balaban J connectivity index is 2.55. The van der Waals surface area contributed by atoms with Crippen LogP contribution in [-0.2, 0) is 9.05 Å². The van der Waals surface area contributed by atoms with Gasteiger partial charge in [-0.2, -0.15) is 0 Å². The van der Waals surface area contributed by atoms with Gasteiger partial charge in [0.05, 0.1) is 0 Å². The maximum atomic E-state index is 11.6. The monoisotopic (exact) mass is 305 g/mol. The SMILES string of the molecule is CC(C)C(c1nnc(S(=O)(=O)Cl)n1C1CC1)C(C)C. The predicted octanol–water partition coefficient (Wildman–Crippen LogP) is 2.94. The highest BCUT2D eigenvalue weighted by Gasteiger charge is 2.37. The van der Waals surface area contributed by atoms with E-state index in [-0.39, 0.29) is 17.1 Å². The van der Waals surface area contributed by atoms with Crippen molar-refractivity contribution >= 4 is 19.7 Å². The standard InChI is InChI=1S/C12H20ClN3O2S/c1-7(2)10(8(3)4)11-14-15-12(19(13,17)18)16(11)9-5-6-9/h7-10H,5-6H2,1-4H3. The normalized spacial score (nSPS) is 16.8. The van der Waals surface area contributed by atoms with Crippen molar-refractivity contribution < 1.29 is 8.42 Å². The van der Waals surface area contributed by atoms with Crippen LogP contribution < -0.4 is 0 Å². The molecule has 1 fully saturated rings. The van der Waals surface area contributed by atoms with Crippen molar-refractivity contribution in [3.8, 4) is 0 Å². The summed E-state index contributed by atoms with van der Waals surface area (Å²) in [7, 11) is 1.62. The Morgan fingerprint density at radius 3 is 2.05 bits per heavy atom. The average molecular weight is 306 g/mol. The van der Waals surface area contributed by atoms with E-state index in [0.717, 1.165) is 18.7 Å². The largest absolute Gasteiger partial charge is 0.297 e. The molecule has 1 aromatic heterocycles. The molecule has 0 atom stereocenters. The van der Waals surface area contributed by atoms with Crippen molar-refractivity contribution in [2.24, 2.45) is 11.8 Å². The molecular weight excluding hydrogens is 286 g/mol. The highest BCUT2D eigenvalue weighted by atomic mass is 35.7. The van der Waals surface area contributed by atoms with Gasteiger partial charge in [0.15, 0.2) is 0 Å². The summed E-state index contributed by atoms with van der Waals surface area (Å²) in [5.41, 5.74) is 0. The van der Waals surface area contributed by atoms with Crippen LogP contribution in [0.3, 0.4) is 0 Å². The second kappa shape index (κ2) is 5.05. The molecule has 0 saturated heterocycles. The van der Waals surface area contributed by atoms with E-state index in [1.807, 2.05) is 0 Å². The Morgan fingerprint density at radius 1 is 1.16 bits per heavy atom. The first-order chi connectivity index (χ1) is 8.73. The van der Waals surface area contributed by atoms with Crippen LogP contribution in [-0.4, -0.2) is 23.2 Å². The summed E-state index contributed by atoms with van der Waals surface area (Å²) in [6, 6.07) is 0.188. The number of hydrogen-bond acceptors (Lipinski definition) is 4. The predicted molar refractivity (Wildman–Crippen MR) is 73.7 cm³/mol. The smallest absolute Gasteiger partial charge is 0.296 e. The molecule has 1 aliphatic rings. The molecule has 1 saturated carbocycles.